The zero-order valence-electron chi connectivity index (χ0n) is 22.7. The van der Waals surface area contributed by atoms with Crippen LogP contribution in [0.2, 0.25) is 0 Å². The first-order valence-corrected chi connectivity index (χ1v) is 12.8. The predicted octanol–water partition coefficient (Wildman–Crippen LogP) is 3.84. The maximum atomic E-state index is 14.6. The van der Waals surface area contributed by atoms with Gasteiger partial charge >= 0.3 is 6.18 Å². The van der Waals surface area contributed by atoms with E-state index in [4.69, 9.17) is 10.5 Å². The molecular weight excluding hydrogens is 577 g/mol. The third kappa shape index (κ3) is 5.18. The number of alkyl halides is 3. The van der Waals surface area contributed by atoms with E-state index in [-0.39, 0.29) is 46.1 Å². The Hall–Kier alpha value is -4.85. The van der Waals surface area contributed by atoms with Gasteiger partial charge < -0.3 is 20.9 Å². The molecule has 43 heavy (non-hydrogen) atoms. The van der Waals surface area contributed by atoms with Crippen LogP contribution in [0.25, 0.3) is 16.9 Å². The summed E-state index contributed by atoms with van der Waals surface area (Å²) in [5.41, 5.74) is -0.585. The van der Waals surface area contributed by atoms with Gasteiger partial charge in [-0.15, -0.1) is 0 Å². The van der Waals surface area contributed by atoms with E-state index >= 15 is 0 Å². The van der Waals surface area contributed by atoms with Crippen molar-refractivity contribution in [2.24, 2.45) is 5.73 Å². The molecule has 2 aromatic carbocycles. The van der Waals surface area contributed by atoms with Crippen LogP contribution in [0, 0.1) is 18.6 Å². The normalized spacial score (nSPS) is 17.6. The number of aliphatic hydroxyl groups is 1. The van der Waals surface area contributed by atoms with Crippen molar-refractivity contribution in [1.29, 1.82) is 0 Å². The highest BCUT2D eigenvalue weighted by molar-refractivity contribution is 5.95. The van der Waals surface area contributed by atoms with Crippen molar-refractivity contribution in [1.82, 2.24) is 20.1 Å². The lowest BCUT2D eigenvalue weighted by molar-refractivity contribution is -0.265. The van der Waals surface area contributed by atoms with E-state index in [1.165, 1.54) is 55.1 Å². The first kappa shape index (κ1) is 29.6. The maximum absolute atomic E-state index is 14.6. The van der Waals surface area contributed by atoms with E-state index in [1.54, 1.807) is 0 Å². The Morgan fingerprint density at radius 1 is 1.12 bits per heavy atom. The number of primary amides is 1. The highest BCUT2D eigenvalue weighted by atomic mass is 19.4. The Bertz CT molecular complexity index is 1740. The molecule has 1 aliphatic heterocycles. The van der Waals surface area contributed by atoms with E-state index in [0.29, 0.717) is 0 Å². The number of pyridine rings is 1. The van der Waals surface area contributed by atoms with Gasteiger partial charge in [-0.25, -0.2) is 18.4 Å². The molecule has 0 spiro atoms. The van der Waals surface area contributed by atoms with Crippen molar-refractivity contribution in [2.75, 3.05) is 13.2 Å². The van der Waals surface area contributed by atoms with Crippen LogP contribution in [0.15, 0.2) is 60.8 Å². The quantitative estimate of drug-likeness (QED) is 0.276. The number of nitrogens with one attached hydrogen (secondary N) is 1. The predicted molar refractivity (Wildman–Crippen MR) is 142 cm³/mol. The average Bonchev–Trinajstić information content (AvgIpc) is 3.52. The fourth-order valence-electron chi connectivity index (χ4n) is 4.68. The summed E-state index contributed by atoms with van der Waals surface area (Å²) in [7, 11) is 0. The van der Waals surface area contributed by atoms with Gasteiger partial charge in [-0.3, -0.25) is 9.59 Å². The first-order chi connectivity index (χ1) is 20.1. The van der Waals surface area contributed by atoms with Crippen LogP contribution < -0.4 is 15.8 Å². The molecular formula is C29H24F5N5O4. The van der Waals surface area contributed by atoms with E-state index in [2.05, 4.69) is 15.4 Å². The van der Waals surface area contributed by atoms with Crippen molar-refractivity contribution >= 4 is 11.8 Å². The SMILES string of the molecule is Cc1nn(-c2cccc(F)c2)cc1C(=O)NC[C@](O)(c1cc2c(c(-c3ccc(F)cc3)n1)OC[C@]2(C)C(N)=O)C(F)(F)F. The number of carbonyl (C=O) groups is 2. The van der Waals surface area contributed by atoms with Crippen LogP contribution in [0.4, 0.5) is 22.0 Å². The van der Waals surface area contributed by atoms with Gasteiger partial charge in [0, 0.05) is 17.3 Å². The summed E-state index contributed by atoms with van der Waals surface area (Å²) in [4.78, 5) is 29.4. The Morgan fingerprint density at radius 2 is 1.81 bits per heavy atom. The third-order valence-corrected chi connectivity index (χ3v) is 7.35. The number of nitrogens with zero attached hydrogens (tertiary/aromatic N) is 3. The molecule has 224 valence electrons. The number of nitrogens with two attached hydrogens (primary N) is 1. The van der Waals surface area contributed by atoms with Gasteiger partial charge in [0.25, 0.3) is 5.91 Å². The summed E-state index contributed by atoms with van der Waals surface area (Å²) in [6.45, 7) is 1.10. The van der Waals surface area contributed by atoms with Crippen molar-refractivity contribution < 1.29 is 41.4 Å². The van der Waals surface area contributed by atoms with E-state index in [9.17, 15) is 36.6 Å². The highest BCUT2D eigenvalue weighted by Crippen LogP contribution is 2.47. The van der Waals surface area contributed by atoms with E-state index < -0.39 is 52.9 Å². The minimum Gasteiger partial charge on any atom is -0.489 e. The van der Waals surface area contributed by atoms with E-state index in [1.807, 2.05) is 0 Å². The molecule has 0 unspecified atom stereocenters. The Morgan fingerprint density at radius 3 is 2.44 bits per heavy atom. The molecule has 4 N–H and O–H groups in total. The molecule has 1 aliphatic rings. The number of carbonyl (C=O) groups excluding carboxylic acids is 2. The molecule has 14 heteroatoms. The van der Waals surface area contributed by atoms with Gasteiger partial charge in [0.2, 0.25) is 11.5 Å². The van der Waals surface area contributed by atoms with Crippen LogP contribution in [0.1, 0.15) is 34.2 Å². The number of halogens is 5. The van der Waals surface area contributed by atoms with Gasteiger partial charge in [-0.2, -0.15) is 18.3 Å². The molecule has 0 fully saturated rings. The van der Waals surface area contributed by atoms with E-state index in [0.717, 1.165) is 24.3 Å². The minimum absolute atomic E-state index is 0.0504. The monoisotopic (exact) mass is 601 g/mol. The summed E-state index contributed by atoms with van der Waals surface area (Å²) >= 11 is 0. The molecule has 5 rings (SSSR count). The Kier molecular flexibility index (Phi) is 7.20. The van der Waals surface area contributed by atoms with Crippen LogP contribution >= 0.6 is 0 Å². The molecule has 4 aromatic rings. The molecule has 2 amide bonds. The fraction of sp³-hybridized carbons (Fsp3) is 0.241. The Balaban J connectivity index is 1.55. The van der Waals surface area contributed by atoms with Gasteiger partial charge in [-0.05, 0) is 62.4 Å². The van der Waals surface area contributed by atoms with Gasteiger partial charge in [-0.1, -0.05) is 6.07 Å². The molecule has 0 aliphatic carbocycles. The van der Waals surface area contributed by atoms with Crippen molar-refractivity contribution in [3.8, 4) is 22.7 Å². The minimum atomic E-state index is -5.38. The van der Waals surface area contributed by atoms with Crippen LogP contribution in [0.5, 0.6) is 5.75 Å². The molecule has 2 atom stereocenters. The number of rotatable bonds is 7. The topological polar surface area (TPSA) is 132 Å². The first-order valence-electron chi connectivity index (χ1n) is 12.8. The summed E-state index contributed by atoms with van der Waals surface area (Å²) in [5, 5.41) is 17.4. The molecule has 2 aromatic heterocycles. The van der Waals surface area contributed by atoms with Crippen LogP contribution in [-0.4, -0.2) is 51.0 Å². The second-order valence-corrected chi connectivity index (χ2v) is 10.3. The summed E-state index contributed by atoms with van der Waals surface area (Å²) in [5.74, 6) is -3.14. The lowest BCUT2D eigenvalue weighted by Gasteiger charge is -2.31. The van der Waals surface area contributed by atoms with Crippen molar-refractivity contribution in [3.63, 3.8) is 0 Å². The van der Waals surface area contributed by atoms with Crippen molar-refractivity contribution in [3.05, 3.63) is 94.9 Å². The Labute approximate surface area is 241 Å². The number of hydrogen-bond acceptors (Lipinski definition) is 6. The molecule has 0 saturated carbocycles. The number of amides is 2. The number of aromatic nitrogens is 3. The smallest absolute Gasteiger partial charge is 0.424 e. The molecule has 0 bridgehead atoms. The number of aryl methyl sites for hydroxylation is 1. The molecule has 9 nitrogen and oxygen atoms in total. The number of hydrogen-bond donors (Lipinski definition) is 3. The molecule has 0 radical (unpaired) electrons. The second kappa shape index (κ2) is 10.5. The number of fused-ring (bicyclic) bond motifs is 1. The zero-order chi connectivity index (χ0) is 31.3. The number of benzene rings is 2. The summed E-state index contributed by atoms with van der Waals surface area (Å²) < 4.78 is 77.9. The van der Waals surface area contributed by atoms with Gasteiger partial charge in [0.1, 0.15) is 35.1 Å². The summed E-state index contributed by atoms with van der Waals surface area (Å²) in [6, 6.07) is 10.8. The number of ether oxygens (including phenoxy) is 1. The van der Waals surface area contributed by atoms with Gasteiger partial charge in [0.05, 0.1) is 29.2 Å². The lowest BCUT2D eigenvalue weighted by atomic mass is 9.81. The fourth-order valence-corrected chi connectivity index (χ4v) is 4.68. The standard InChI is InChI=1S/C29H24F5N5O4/c1-15-20(12-39(38-15)19-5-3-4-18(31)10-19)25(40)36-13-28(42,29(32,33)34)22-11-21-24(43-14-27(21,2)26(35)41)23(37-22)16-6-8-17(30)9-7-16/h3-12,42H,13-14H2,1-2H3,(H2,35,41)(H,36,40)/t27-,28-/m0/s1. The maximum Gasteiger partial charge on any atom is 0.424 e. The van der Waals surface area contributed by atoms with Gasteiger partial charge in [0.15, 0.2) is 0 Å². The lowest BCUT2D eigenvalue weighted by Crippen LogP contribution is -2.52. The molecule has 3 heterocycles. The zero-order valence-corrected chi connectivity index (χ0v) is 22.7. The summed E-state index contributed by atoms with van der Waals surface area (Å²) in [6.07, 6.45) is -4.17. The third-order valence-electron chi connectivity index (χ3n) is 7.35. The van der Waals surface area contributed by atoms with Crippen molar-refractivity contribution in [2.45, 2.75) is 31.0 Å². The largest absolute Gasteiger partial charge is 0.489 e. The second-order valence-electron chi connectivity index (χ2n) is 10.3. The molecule has 0 saturated heterocycles. The average molecular weight is 602 g/mol. The highest BCUT2D eigenvalue weighted by Gasteiger charge is 2.57. The van der Waals surface area contributed by atoms with Crippen LogP contribution in [0.3, 0.4) is 0 Å². The van der Waals surface area contributed by atoms with Crippen LogP contribution in [-0.2, 0) is 15.8 Å².